The van der Waals surface area contributed by atoms with Gasteiger partial charge in [0.25, 0.3) is 6.43 Å². The minimum Gasteiger partial charge on any atom is -0.304 e. The van der Waals surface area contributed by atoms with Gasteiger partial charge in [-0.3, -0.25) is 0 Å². The Morgan fingerprint density at radius 2 is 1.93 bits per heavy atom. The van der Waals surface area contributed by atoms with Crippen molar-refractivity contribution in [2.24, 2.45) is 0 Å². The number of rotatable bonds is 2. The molecule has 6 heteroatoms. The Labute approximate surface area is 89.6 Å². The highest BCUT2D eigenvalue weighted by atomic mass is 79.9. The van der Waals surface area contributed by atoms with Crippen LogP contribution in [0, 0.1) is 0 Å². The van der Waals surface area contributed by atoms with Crippen molar-refractivity contribution >= 4 is 15.9 Å². The van der Waals surface area contributed by atoms with Gasteiger partial charge in [0.05, 0.1) is 5.33 Å². The van der Waals surface area contributed by atoms with Crippen LogP contribution in [0.1, 0.15) is 38.8 Å². The molecule has 80 valence electrons. The van der Waals surface area contributed by atoms with Crippen molar-refractivity contribution in [1.82, 2.24) is 14.8 Å². The summed E-state index contributed by atoms with van der Waals surface area (Å²) in [5.41, 5.74) is -0.432. The third kappa shape index (κ3) is 2.10. The van der Waals surface area contributed by atoms with E-state index in [0.29, 0.717) is 11.2 Å². The molecule has 0 atom stereocenters. The Morgan fingerprint density at radius 1 is 1.36 bits per heavy atom. The second-order valence-corrected chi connectivity index (χ2v) is 4.48. The van der Waals surface area contributed by atoms with Crippen molar-refractivity contribution in [2.75, 3.05) is 0 Å². The molecular weight excluding hydrogens is 256 g/mol. The van der Waals surface area contributed by atoms with E-state index < -0.39 is 12.0 Å². The molecule has 0 radical (unpaired) electrons. The Kier molecular flexibility index (Phi) is 3.24. The highest BCUT2D eigenvalue weighted by Gasteiger charge is 2.26. The second-order valence-electron chi connectivity index (χ2n) is 3.91. The summed E-state index contributed by atoms with van der Waals surface area (Å²) in [4.78, 5) is 0. The summed E-state index contributed by atoms with van der Waals surface area (Å²) >= 11 is 3.20. The monoisotopic (exact) mass is 267 g/mol. The zero-order chi connectivity index (χ0) is 10.9. The first-order valence-corrected chi connectivity index (χ1v) is 5.29. The number of alkyl halides is 3. The fraction of sp³-hybridized carbons (Fsp3) is 0.750. The number of halogens is 3. The lowest BCUT2D eigenvalue weighted by Crippen LogP contribution is -2.26. The minimum absolute atomic E-state index is 0.271. The van der Waals surface area contributed by atoms with E-state index >= 15 is 0 Å². The quantitative estimate of drug-likeness (QED) is 0.772. The molecule has 0 amide bonds. The summed E-state index contributed by atoms with van der Waals surface area (Å²) in [5.74, 6) is 0.250. The van der Waals surface area contributed by atoms with E-state index in [2.05, 4.69) is 26.1 Å². The molecular formula is C8H12BrF2N3. The Morgan fingerprint density at radius 3 is 2.29 bits per heavy atom. The fourth-order valence-corrected chi connectivity index (χ4v) is 1.65. The first-order chi connectivity index (χ1) is 6.38. The molecule has 0 fully saturated rings. The number of hydrogen-bond donors (Lipinski definition) is 0. The number of nitrogens with zero attached hydrogens (tertiary/aromatic N) is 3. The highest BCUT2D eigenvalue weighted by Crippen LogP contribution is 2.25. The van der Waals surface area contributed by atoms with Crippen LogP contribution in [-0.2, 0) is 10.9 Å². The van der Waals surface area contributed by atoms with Gasteiger partial charge in [0, 0.05) is 5.54 Å². The topological polar surface area (TPSA) is 30.7 Å². The van der Waals surface area contributed by atoms with Crippen molar-refractivity contribution in [3.63, 3.8) is 0 Å². The van der Waals surface area contributed by atoms with Gasteiger partial charge >= 0.3 is 0 Å². The van der Waals surface area contributed by atoms with Crippen LogP contribution in [0.5, 0.6) is 0 Å². The van der Waals surface area contributed by atoms with E-state index in [4.69, 9.17) is 0 Å². The SMILES string of the molecule is CC(C)(C)n1c(CBr)nnc1C(F)F. The standard InChI is InChI=1S/C8H12BrF2N3/c1-8(2,3)14-5(4-9)12-13-7(14)6(10)11/h6H,4H2,1-3H3. The number of hydrogen-bond acceptors (Lipinski definition) is 2. The molecule has 0 bridgehead atoms. The van der Waals surface area contributed by atoms with Gasteiger partial charge in [-0.15, -0.1) is 10.2 Å². The van der Waals surface area contributed by atoms with E-state index in [1.165, 1.54) is 4.57 Å². The van der Waals surface area contributed by atoms with Crippen LogP contribution in [0.3, 0.4) is 0 Å². The summed E-state index contributed by atoms with van der Waals surface area (Å²) in [6, 6.07) is 0. The van der Waals surface area contributed by atoms with Crippen molar-refractivity contribution in [2.45, 2.75) is 38.1 Å². The molecule has 1 heterocycles. The third-order valence-corrected chi connectivity index (χ3v) is 2.24. The summed E-state index contributed by atoms with van der Waals surface area (Å²) in [6.07, 6.45) is -2.59. The molecule has 1 aromatic heterocycles. The zero-order valence-electron chi connectivity index (χ0n) is 8.26. The van der Waals surface area contributed by atoms with Crippen molar-refractivity contribution in [1.29, 1.82) is 0 Å². The largest absolute Gasteiger partial charge is 0.304 e. The summed E-state index contributed by atoms with van der Waals surface area (Å²) in [7, 11) is 0. The molecule has 0 unspecified atom stereocenters. The van der Waals surface area contributed by atoms with Crippen LogP contribution in [-0.4, -0.2) is 14.8 Å². The van der Waals surface area contributed by atoms with Gasteiger partial charge < -0.3 is 4.57 Å². The van der Waals surface area contributed by atoms with Crippen LogP contribution in [0.25, 0.3) is 0 Å². The lowest BCUT2D eigenvalue weighted by molar-refractivity contribution is 0.127. The molecule has 0 saturated heterocycles. The molecule has 0 aliphatic heterocycles. The highest BCUT2D eigenvalue weighted by molar-refractivity contribution is 9.08. The Hall–Kier alpha value is -0.520. The van der Waals surface area contributed by atoms with E-state index in [0.717, 1.165) is 0 Å². The van der Waals surface area contributed by atoms with Crippen LogP contribution >= 0.6 is 15.9 Å². The molecule has 1 aromatic rings. The first-order valence-electron chi connectivity index (χ1n) is 4.16. The summed E-state index contributed by atoms with van der Waals surface area (Å²) < 4.78 is 26.6. The number of aromatic nitrogens is 3. The Balaban J connectivity index is 3.27. The summed E-state index contributed by atoms with van der Waals surface area (Å²) in [6.45, 7) is 5.52. The van der Waals surface area contributed by atoms with Gasteiger partial charge in [0.15, 0.2) is 0 Å². The lowest BCUT2D eigenvalue weighted by Gasteiger charge is -2.24. The predicted octanol–water partition coefficient (Wildman–Crippen LogP) is 2.87. The van der Waals surface area contributed by atoms with Gasteiger partial charge in [-0.05, 0) is 20.8 Å². The smallest absolute Gasteiger partial charge is 0.297 e. The Bertz CT molecular complexity index is 317. The molecule has 14 heavy (non-hydrogen) atoms. The molecule has 3 nitrogen and oxygen atoms in total. The van der Waals surface area contributed by atoms with Gasteiger partial charge in [-0.2, -0.15) is 0 Å². The molecule has 0 aliphatic carbocycles. The van der Waals surface area contributed by atoms with Gasteiger partial charge in [-0.1, -0.05) is 15.9 Å². The second kappa shape index (κ2) is 3.92. The fourth-order valence-electron chi connectivity index (χ4n) is 1.29. The maximum Gasteiger partial charge on any atom is 0.297 e. The molecule has 0 N–H and O–H groups in total. The van der Waals surface area contributed by atoms with E-state index in [-0.39, 0.29) is 5.82 Å². The van der Waals surface area contributed by atoms with Gasteiger partial charge in [0.2, 0.25) is 5.82 Å². The minimum atomic E-state index is -2.59. The average molecular weight is 268 g/mol. The first kappa shape index (κ1) is 11.6. The maximum atomic E-state index is 12.6. The van der Waals surface area contributed by atoms with Crippen molar-refractivity contribution in [3.8, 4) is 0 Å². The third-order valence-electron chi connectivity index (χ3n) is 1.74. The summed E-state index contributed by atoms with van der Waals surface area (Å²) in [5, 5.41) is 7.61. The normalized spacial score (nSPS) is 12.5. The van der Waals surface area contributed by atoms with E-state index in [9.17, 15) is 8.78 Å². The maximum absolute atomic E-state index is 12.6. The average Bonchev–Trinajstić information content (AvgIpc) is 2.45. The van der Waals surface area contributed by atoms with Crippen LogP contribution in [0.4, 0.5) is 8.78 Å². The van der Waals surface area contributed by atoms with Crippen molar-refractivity contribution in [3.05, 3.63) is 11.6 Å². The van der Waals surface area contributed by atoms with Crippen LogP contribution in [0.15, 0.2) is 0 Å². The van der Waals surface area contributed by atoms with Gasteiger partial charge in [0.1, 0.15) is 5.82 Å². The molecule has 0 aromatic carbocycles. The predicted molar refractivity (Wildman–Crippen MR) is 52.6 cm³/mol. The van der Waals surface area contributed by atoms with Crippen LogP contribution < -0.4 is 0 Å². The molecule has 0 spiro atoms. The van der Waals surface area contributed by atoms with E-state index in [1.807, 2.05) is 20.8 Å². The van der Waals surface area contributed by atoms with Crippen molar-refractivity contribution < 1.29 is 8.78 Å². The van der Waals surface area contributed by atoms with Gasteiger partial charge in [-0.25, -0.2) is 8.78 Å². The zero-order valence-corrected chi connectivity index (χ0v) is 9.85. The lowest BCUT2D eigenvalue weighted by atomic mass is 10.1. The molecule has 0 saturated carbocycles. The molecule has 1 rings (SSSR count). The molecule has 0 aliphatic rings. The van der Waals surface area contributed by atoms with E-state index in [1.54, 1.807) is 0 Å². The van der Waals surface area contributed by atoms with Crippen LogP contribution in [0.2, 0.25) is 0 Å².